The molecule has 1 heterocycles. The monoisotopic (exact) mass is 429 g/mol. The van der Waals surface area contributed by atoms with Gasteiger partial charge in [-0.05, 0) is 18.4 Å². The van der Waals surface area contributed by atoms with Crippen LogP contribution in [0.2, 0.25) is 0 Å². The first-order chi connectivity index (χ1) is 15.8. The Labute approximate surface area is 191 Å². The molecule has 1 saturated heterocycles. The molecule has 3 aromatic carbocycles. The number of carbonyl (C=O) groups is 1. The molecular formula is C28H35N3O+2. The molecule has 0 bridgehead atoms. The molecule has 4 rings (SSSR count). The van der Waals surface area contributed by atoms with Crippen molar-refractivity contribution in [2.24, 2.45) is 0 Å². The molecule has 1 aliphatic heterocycles. The maximum absolute atomic E-state index is 12.4. The van der Waals surface area contributed by atoms with E-state index in [1.807, 2.05) is 6.07 Å². The fourth-order valence-corrected chi connectivity index (χ4v) is 4.80. The summed E-state index contributed by atoms with van der Waals surface area (Å²) in [5, 5.41) is 3.12. The quantitative estimate of drug-likeness (QED) is 0.441. The summed E-state index contributed by atoms with van der Waals surface area (Å²) in [7, 11) is 0. The van der Waals surface area contributed by atoms with Crippen molar-refractivity contribution in [1.29, 1.82) is 0 Å². The Morgan fingerprint density at radius 1 is 0.750 bits per heavy atom. The Balaban J connectivity index is 1.25. The lowest BCUT2D eigenvalue weighted by atomic mass is 9.96. The molecule has 0 atom stereocenters. The SMILES string of the molecule is O=C(C[NH+]1CC[NH+](C(c2ccccc2)c2ccccc2)CC1)NCCCc1ccccc1. The van der Waals surface area contributed by atoms with Gasteiger partial charge in [-0.15, -0.1) is 0 Å². The zero-order chi connectivity index (χ0) is 22.0. The highest BCUT2D eigenvalue weighted by atomic mass is 16.2. The molecule has 1 amide bonds. The van der Waals surface area contributed by atoms with E-state index in [0.29, 0.717) is 12.6 Å². The van der Waals surface area contributed by atoms with Gasteiger partial charge in [0.25, 0.3) is 5.91 Å². The van der Waals surface area contributed by atoms with Gasteiger partial charge in [-0.3, -0.25) is 4.79 Å². The van der Waals surface area contributed by atoms with Crippen molar-refractivity contribution in [1.82, 2.24) is 5.32 Å². The van der Waals surface area contributed by atoms with E-state index in [0.717, 1.165) is 45.6 Å². The standard InChI is InChI=1S/C28H33N3O/c32-27(29-18-10-13-24-11-4-1-5-12-24)23-30-19-21-31(22-20-30)28(25-14-6-2-7-15-25)26-16-8-3-9-17-26/h1-9,11-12,14-17,28H,10,13,18-23H2,(H,29,32)/p+2. The molecule has 1 fully saturated rings. The van der Waals surface area contributed by atoms with E-state index in [2.05, 4.69) is 90.2 Å². The summed E-state index contributed by atoms with van der Waals surface area (Å²) in [6.07, 6.45) is 2.00. The molecule has 4 heteroatoms. The average Bonchev–Trinajstić information content (AvgIpc) is 2.85. The lowest BCUT2D eigenvalue weighted by Gasteiger charge is -2.35. The van der Waals surface area contributed by atoms with E-state index in [4.69, 9.17) is 0 Å². The number of piperazine rings is 1. The molecule has 0 aliphatic carbocycles. The number of quaternary nitrogens is 2. The first-order valence-electron chi connectivity index (χ1n) is 11.9. The van der Waals surface area contributed by atoms with E-state index in [1.54, 1.807) is 4.90 Å². The molecule has 0 aromatic heterocycles. The van der Waals surface area contributed by atoms with Gasteiger partial charge < -0.3 is 15.1 Å². The van der Waals surface area contributed by atoms with Gasteiger partial charge >= 0.3 is 0 Å². The van der Waals surface area contributed by atoms with E-state index >= 15 is 0 Å². The lowest BCUT2D eigenvalue weighted by Crippen LogP contribution is -3.28. The number of rotatable bonds is 9. The highest BCUT2D eigenvalue weighted by Crippen LogP contribution is 2.18. The van der Waals surface area contributed by atoms with Gasteiger partial charge in [-0.1, -0.05) is 91.0 Å². The molecule has 0 radical (unpaired) electrons. The number of hydrogen-bond acceptors (Lipinski definition) is 1. The number of aryl methyl sites for hydroxylation is 1. The van der Waals surface area contributed by atoms with Gasteiger partial charge in [0.1, 0.15) is 32.2 Å². The summed E-state index contributed by atoms with van der Waals surface area (Å²) in [6.45, 7) is 5.55. The summed E-state index contributed by atoms with van der Waals surface area (Å²) in [5.41, 5.74) is 4.07. The van der Waals surface area contributed by atoms with Crippen LogP contribution in [0.4, 0.5) is 0 Å². The summed E-state index contributed by atoms with van der Waals surface area (Å²) < 4.78 is 0. The summed E-state index contributed by atoms with van der Waals surface area (Å²) in [4.78, 5) is 15.4. The number of benzene rings is 3. The Hall–Kier alpha value is -2.95. The fraction of sp³-hybridized carbons (Fsp3) is 0.321. The number of hydrogen-bond donors (Lipinski definition) is 3. The van der Waals surface area contributed by atoms with Gasteiger partial charge in [0, 0.05) is 17.7 Å². The van der Waals surface area contributed by atoms with Crippen molar-refractivity contribution >= 4 is 5.91 Å². The highest BCUT2D eigenvalue weighted by molar-refractivity contribution is 5.76. The van der Waals surface area contributed by atoms with Crippen LogP contribution in [-0.2, 0) is 11.2 Å². The zero-order valence-corrected chi connectivity index (χ0v) is 18.8. The van der Waals surface area contributed by atoms with Crippen molar-refractivity contribution in [3.63, 3.8) is 0 Å². The topological polar surface area (TPSA) is 38.0 Å². The minimum absolute atomic E-state index is 0.180. The molecule has 4 nitrogen and oxygen atoms in total. The third-order valence-corrected chi connectivity index (χ3v) is 6.49. The van der Waals surface area contributed by atoms with Crippen LogP contribution in [0, 0.1) is 0 Å². The van der Waals surface area contributed by atoms with Crippen LogP contribution in [0.3, 0.4) is 0 Å². The van der Waals surface area contributed by atoms with Gasteiger partial charge in [0.05, 0.1) is 0 Å². The highest BCUT2D eigenvalue weighted by Gasteiger charge is 2.32. The van der Waals surface area contributed by atoms with Crippen LogP contribution >= 0.6 is 0 Å². The first kappa shape index (κ1) is 22.3. The Morgan fingerprint density at radius 3 is 1.84 bits per heavy atom. The third kappa shape index (κ3) is 6.28. The summed E-state index contributed by atoms with van der Waals surface area (Å²) in [6, 6.07) is 32.5. The summed E-state index contributed by atoms with van der Waals surface area (Å²) >= 11 is 0. The lowest BCUT2D eigenvalue weighted by molar-refractivity contribution is -1.02. The van der Waals surface area contributed by atoms with Crippen LogP contribution in [0.1, 0.15) is 29.2 Å². The van der Waals surface area contributed by atoms with Crippen LogP contribution in [0.5, 0.6) is 0 Å². The first-order valence-corrected chi connectivity index (χ1v) is 11.9. The second-order valence-corrected chi connectivity index (χ2v) is 8.78. The zero-order valence-electron chi connectivity index (χ0n) is 18.8. The average molecular weight is 430 g/mol. The predicted octanol–water partition coefficient (Wildman–Crippen LogP) is 1.31. The van der Waals surface area contributed by atoms with Crippen LogP contribution in [-0.4, -0.2) is 45.2 Å². The second kappa shape index (κ2) is 11.6. The molecule has 1 aliphatic rings. The van der Waals surface area contributed by atoms with Crippen LogP contribution in [0.25, 0.3) is 0 Å². The Morgan fingerprint density at radius 2 is 1.28 bits per heavy atom. The molecule has 0 unspecified atom stereocenters. The molecule has 3 N–H and O–H groups in total. The Kier molecular flexibility index (Phi) is 8.07. The summed E-state index contributed by atoms with van der Waals surface area (Å²) in [5.74, 6) is 0.180. The number of amides is 1. The van der Waals surface area contributed by atoms with Crippen LogP contribution < -0.4 is 15.1 Å². The van der Waals surface area contributed by atoms with E-state index in [-0.39, 0.29) is 5.91 Å². The van der Waals surface area contributed by atoms with Crippen molar-refractivity contribution in [3.05, 3.63) is 108 Å². The van der Waals surface area contributed by atoms with E-state index in [9.17, 15) is 4.79 Å². The van der Waals surface area contributed by atoms with Gasteiger partial charge in [-0.25, -0.2) is 0 Å². The molecule has 166 valence electrons. The molecular weight excluding hydrogens is 394 g/mol. The predicted molar refractivity (Wildman–Crippen MR) is 129 cm³/mol. The fourth-order valence-electron chi connectivity index (χ4n) is 4.80. The van der Waals surface area contributed by atoms with Gasteiger partial charge in [0.15, 0.2) is 6.54 Å². The van der Waals surface area contributed by atoms with Crippen LogP contribution in [0.15, 0.2) is 91.0 Å². The number of carbonyl (C=O) groups excluding carboxylic acids is 1. The Bertz CT molecular complexity index is 899. The van der Waals surface area contributed by atoms with E-state index in [1.165, 1.54) is 21.6 Å². The molecule has 3 aromatic rings. The minimum Gasteiger partial charge on any atom is -0.351 e. The molecule has 0 saturated carbocycles. The third-order valence-electron chi connectivity index (χ3n) is 6.49. The maximum atomic E-state index is 12.4. The van der Waals surface area contributed by atoms with Crippen molar-refractivity contribution in [3.8, 4) is 0 Å². The molecule has 0 spiro atoms. The largest absolute Gasteiger partial charge is 0.351 e. The maximum Gasteiger partial charge on any atom is 0.275 e. The van der Waals surface area contributed by atoms with Crippen molar-refractivity contribution < 1.29 is 14.6 Å². The van der Waals surface area contributed by atoms with E-state index < -0.39 is 0 Å². The van der Waals surface area contributed by atoms with Crippen molar-refractivity contribution in [2.45, 2.75) is 18.9 Å². The smallest absolute Gasteiger partial charge is 0.275 e. The normalized spacial score (nSPS) is 18.4. The van der Waals surface area contributed by atoms with Crippen molar-refractivity contribution in [2.75, 3.05) is 39.3 Å². The van der Waals surface area contributed by atoms with Gasteiger partial charge in [0.2, 0.25) is 0 Å². The van der Waals surface area contributed by atoms with Gasteiger partial charge in [-0.2, -0.15) is 0 Å². The second-order valence-electron chi connectivity index (χ2n) is 8.78. The number of nitrogens with one attached hydrogen (secondary N) is 3. The molecule has 32 heavy (non-hydrogen) atoms. The minimum atomic E-state index is 0.180.